The van der Waals surface area contributed by atoms with Gasteiger partial charge in [-0.3, -0.25) is 4.79 Å². The first-order chi connectivity index (χ1) is 16.8. The van der Waals surface area contributed by atoms with E-state index in [1.54, 1.807) is 43.3 Å². The summed E-state index contributed by atoms with van der Waals surface area (Å²) in [5.41, 5.74) is 12.2. The zero-order valence-electron chi connectivity index (χ0n) is 18.8. The molecule has 0 atom stereocenters. The van der Waals surface area contributed by atoms with Gasteiger partial charge in [-0.2, -0.15) is 0 Å². The van der Waals surface area contributed by atoms with Crippen LogP contribution in [0.25, 0.3) is 0 Å². The van der Waals surface area contributed by atoms with Crippen LogP contribution in [-0.2, 0) is 0 Å². The first-order valence-corrected chi connectivity index (χ1v) is 11.6. The van der Waals surface area contributed by atoms with Crippen LogP contribution in [0, 0.1) is 11.6 Å². The summed E-state index contributed by atoms with van der Waals surface area (Å²) in [6.45, 7) is 3.53. The largest absolute Gasteiger partial charge is 0.402 e. The Kier molecular flexibility index (Phi) is 7.25. The number of nitrogens with one attached hydrogen (secondary N) is 1. The first-order valence-electron chi connectivity index (χ1n) is 10.7. The van der Waals surface area contributed by atoms with Crippen LogP contribution in [0.5, 0.6) is 0 Å². The highest BCUT2D eigenvalue weighted by molar-refractivity contribution is 7.99. The molecule has 180 valence electrons. The van der Waals surface area contributed by atoms with E-state index in [9.17, 15) is 13.6 Å². The standard InChI is InChI=1S/C24H23F2N7OS/c1-14(27)12-19(28)30-20-13-21(33-10-3-11-33)32-24(31-20)35-16-8-6-15(7-9-16)29-23(34)17-4-2-5-18(25)22(17)26/h2,4-9,12-13H,3,10-11,27H2,1H3,(H,29,34)(H2,28,30,31,32)/b14-12-. The molecule has 0 radical (unpaired) electrons. The number of allylic oxidation sites excluding steroid dienone is 1. The van der Waals surface area contributed by atoms with Crippen molar-refractivity contribution in [1.82, 2.24) is 9.97 Å². The molecule has 0 unspecified atom stereocenters. The number of carbonyl (C=O) groups is 1. The number of hydrogen-bond acceptors (Lipinski definition) is 7. The van der Waals surface area contributed by atoms with E-state index in [1.807, 2.05) is 0 Å². The van der Waals surface area contributed by atoms with Gasteiger partial charge in [0, 0.05) is 35.4 Å². The molecule has 11 heteroatoms. The number of anilines is 2. The molecule has 35 heavy (non-hydrogen) atoms. The van der Waals surface area contributed by atoms with Gasteiger partial charge >= 0.3 is 0 Å². The van der Waals surface area contributed by atoms with Crippen LogP contribution >= 0.6 is 11.8 Å². The second-order valence-corrected chi connectivity index (χ2v) is 8.86. The Balaban J connectivity index is 1.51. The van der Waals surface area contributed by atoms with Crippen LogP contribution in [0.2, 0.25) is 0 Å². The topological polar surface area (TPSA) is 123 Å². The molecule has 1 amide bonds. The predicted octanol–water partition coefficient (Wildman–Crippen LogP) is 4.22. The van der Waals surface area contributed by atoms with Gasteiger partial charge in [-0.15, -0.1) is 0 Å². The summed E-state index contributed by atoms with van der Waals surface area (Å²) in [6.07, 6.45) is 2.65. The van der Waals surface area contributed by atoms with Crippen molar-refractivity contribution in [3.63, 3.8) is 0 Å². The molecule has 0 aliphatic carbocycles. The molecular weight excluding hydrogens is 472 g/mol. The first kappa shape index (κ1) is 24.1. The van der Waals surface area contributed by atoms with E-state index < -0.39 is 17.5 Å². The summed E-state index contributed by atoms with van der Waals surface area (Å²) in [7, 11) is 0. The fourth-order valence-electron chi connectivity index (χ4n) is 3.20. The average Bonchev–Trinajstić information content (AvgIpc) is 2.75. The monoisotopic (exact) mass is 495 g/mol. The lowest BCUT2D eigenvalue weighted by Gasteiger charge is -2.32. The minimum Gasteiger partial charge on any atom is -0.402 e. The smallest absolute Gasteiger partial charge is 0.258 e. The number of benzene rings is 2. The summed E-state index contributed by atoms with van der Waals surface area (Å²) in [4.78, 5) is 28.7. The summed E-state index contributed by atoms with van der Waals surface area (Å²) in [6, 6.07) is 12.1. The Bertz CT molecular complexity index is 1300. The average molecular weight is 496 g/mol. The predicted molar refractivity (Wildman–Crippen MR) is 133 cm³/mol. The van der Waals surface area contributed by atoms with Gasteiger partial charge in [-0.25, -0.2) is 23.7 Å². The van der Waals surface area contributed by atoms with Crippen LogP contribution < -0.4 is 21.7 Å². The maximum Gasteiger partial charge on any atom is 0.258 e. The molecule has 4 rings (SSSR count). The third-order valence-corrected chi connectivity index (χ3v) is 5.87. The van der Waals surface area contributed by atoms with Crippen molar-refractivity contribution in [2.24, 2.45) is 16.5 Å². The van der Waals surface area contributed by atoms with E-state index >= 15 is 0 Å². The zero-order chi connectivity index (χ0) is 24.9. The highest BCUT2D eigenvalue weighted by Crippen LogP contribution is 2.31. The van der Waals surface area contributed by atoms with Gasteiger partial charge in [0.05, 0.1) is 5.56 Å². The lowest BCUT2D eigenvalue weighted by Crippen LogP contribution is -2.37. The molecule has 1 aliphatic heterocycles. The third-order valence-electron chi connectivity index (χ3n) is 5.00. The Hall–Kier alpha value is -3.99. The van der Waals surface area contributed by atoms with Crippen molar-refractivity contribution in [3.8, 4) is 0 Å². The molecule has 0 saturated carbocycles. The van der Waals surface area contributed by atoms with Gasteiger partial charge in [-0.1, -0.05) is 6.07 Å². The van der Waals surface area contributed by atoms with E-state index in [-0.39, 0.29) is 11.4 Å². The Morgan fingerprint density at radius 3 is 2.54 bits per heavy atom. The maximum atomic E-state index is 13.9. The molecule has 1 aliphatic rings. The van der Waals surface area contributed by atoms with Crippen LogP contribution in [0.3, 0.4) is 0 Å². The lowest BCUT2D eigenvalue weighted by atomic mass is 10.2. The summed E-state index contributed by atoms with van der Waals surface area (Å²) >= 11 is 1.32. The minimum atomic E-state index is -1.19. The van der Waals surface area contributed by atoms with Gasteiger partial charge < -0.3 is 21.7 Å². The lowest BCUT2D eigenvalue weighted by molar-refractivity contribution is 0.102. The van der Waals surface area contributed by atoms with Gasteiger partial charge in [0.15, 0.2) is 22.6 Å². The summed E-state index contributed by atoms with van der Waals surface area (Å²) in [5.74, 6) is -1.59. The van der Waals surface area contributed by atoms with Crippen LogP contribution in [0.4, 0.5) is 26.1 Å². The van der Waals surface area contributed by atoms with Crippen LogP contribution in [-0.4, -0.2) is 34.8 Å². The second kappa shape index (κ2) is 10.5. The van der Waals surface area contributed by atoms with Crippen LogP contribution in [0.1, 0.15) is 23.7 Å². The summed E-state index contributed by atoms with van der Waals surface area (Å²) < 4.78 is 27.3. The molecule has 2 aromatic carbocycles. The van der Waals surface area contributed by atoms with E-state index in [4.69, 9.17) is 11.5 Å². The highest BCUT2D eigenvalue weighted by atomic mass is 32.2. The number of hydrogen-bond donors (Lipinski definition) is 3. The number of halogens is 2. The molecule has 5 N–H and O–H groups in total. The molecule has 1 aromatic heterocycles. The molecule has 1 fully saturated rings. The van der Waals surface area contributed by atoms with Crippen molar-refractivity contribution in [3.05, 3.63) is 77.5 Å². The van der Waals surface area contributed by atoms with Crippen molar-refractivity contribution in [2.75, 3.05) is 23.3 Å². The normalized spacial score (nSPS) is 14.0. The quantitative estimate of drug-likeness (QED) is 0.255. The van der Waals surface area contributed by atoms with Gasteiger partial charge in [0.2, 0.25) is 0 Å². The fraction of sp³-hybridized carbons (Fsp3) is 0.167. The summed E-state index contributed by atoms with van der Waals surface area (Å²) in [5, 5.41) is 3.04. The molecular formula is C24H23F2N7OS. The fourth-order valence-corrected chi connectivity index (χ4v) is 3.96. The number of amides is 1. The second-order valence-electron chi connectivity index (χ2n) is 7.81. The Labute approximate surface area is 205 Å². The molecule has 8 nitrogen and oxygen atoms in total. The number of amidine groups is 1. The Morgan fingerprint density at radius 2 is 1.89 bits per heavy atom. The molecule has 0 spiro atoms. The zero-order valence-corrected chi connectivity index (χ0v) is 19.6. The van der Waals surface area contributed by atoms with Gasteiger partial charge in [0.25, 0.3) is 5.91 Å². The van der Waals surface area contributed by atoms with E-state index in [2.05, 4.69) is 25.2 Å². The van der Waals surface area contributed by atoms with Crippen molar-refractivity contribution >= 4 is 40.8 Å². The minimum absolute atomic E-state index is 0.240. The molecule has 1 saturated heterocycles. The molecule has 3 aromatic rings. The van der Waals surface area contributed by atoms with Crippen molar-refractivity contribution < 1.29 is 13.6 Å². The maximum absolute atomic E-state index is 13.9. The number of nitrogens with zero attached hydrogens (tertiary/aromatic N) is 4. The number of aliphatic imine (C=N–C) groups is 1. The van der Waals surface area contributed by atoms with Gasteiger partial charge in [0.1, 0.15) is 11.7 Å². The number of rotatable bonds is 7. The van der Waals surface area contributed by atoms with E-state index in [0.29, 0.717) is 22.4 Å². The van der Waals surface area contributed by atoms with Crippen LogP contribution in [0.15, 0.2) is 75.3 Å². The SMILES string of the molecule is C/C(N)=C/C(N)=Nc1cc(N2CCC2)nc(Sc2ccc(NC(=O)c3cccc(F)c3F)cc2)n1. The molecule has 2 heterocycles. The van der Waals surface area contributed by atoms with E-state index in [1.165, 1.54) is 23.9 Å². The number of carbonyl (C=O) groups excluding carboxylic acids is 1. The van der Waals surface area contributed by atoms with Crippen molar-refractivity contribution in [1.29, 1.82) is 0 Å². The van der Waals surface area contributed by atoms with E-state index in [0.717, 1.165) is 36.3 Å². The number of aromatic nitrogens is 2. The molecule has 0 bridgehead atoms. The van der Waals surface area contributed by atoms with Crippen molar-refractivity contribution in [2.45, 2.75) is 23.4 Å². The number of nitrogens with two attached hydrogens (primary N) is 2. The van der Waals surface area contributed by atoms with Gasteiger partial charge in [-0.05, 0) is 67.6 Å². The highest BCUT2D eigenvalue weighted by Gasteiger charge is 2.19. The third kappa shape index (κ3) is 6.12. The Morgan fingerprint density at radius 1 is 1.14 bits per heavy atom.